The molecule has 0 saturated heterocycles. The molecule has 0 aliphatic rings. The van der Waals surface area contributed by atoms with E-state index in [1.54, 1.807) is 24.1 Å². The smallest absolute Gasteiger partial charge is 0.321 e. The fraction of sp³-hybridized carbons (Fsp3) is 0.429. The summed E-state index contributed by atoms with van der Waals surface area (Å²) in [6, 6.07) is 7.10. The fourth-order valence-electron chi connectivity index (χ4n) is 1.64. The normalized spacial score (nSPS) is 11.7. The lowest BCUT2D eigenvalue weighted by molar-refractivity contribution is -0.137. The van der Waals surface area contributed by atoms with Crippen molar-refractivity contribution in [3.63, 3.8) is 0 Å². The Kier molecular flexibility index (Phi) is 5.36. The number of benzene rings is 1. The van der Waals surface area contributed by atoms with E-state index in [2.05, 4.69) is 5.32 Å². The predicted molar refractivity (Wildman–Crippen MR) is 74.4 cm³/mol. The van der Waals surface area contributed by atoms with Crippen LogP contribution in [0.15, 0.2) is 24.3 Å². The minimum Gasteiger partial charge on any atom is -0.481 e. The quantitative estimate of drug-likeness (QED) is 0.859. The van der Waals surface area contributed by atoms with Gasteiger partial charge in [0.2, 0.25) is 0 Å². The van der Waals surface area contributed by atoms with Crippen LogP contribution >= 0.6 is 0 Å². The number of nitrogens with one attached hydrogen (secondary N) is 1. The fourth-order valence-corrected chi connectivity index (χ4v) is 1.64. The summed E-state index contributed by atoms with van der Waals surface area (Å²) in [4.78, 5) is 23.9. The molecular formula is C14H20N2O3. The highest BCUT2D eigenvalue weighted by Crippen LogP contribution is 2.21. The molecule has 1 rings (SSSR count). The van der Waals surface area contributed by atoms with Gasteiger partial charge in [-0.15, -0.1) is 0 Å². The van der Waals surface area contributed by atoms with E-state index in [4.69, 9.17) is 5.11 Å². The van der Waals surface area contributed by atoms with Gasteiger partial charge in [0.05, 0.1) is 6.42 Å². The van der Waals surface area contributed by atoms with Gasteiger partial charge in [-0.05, 0) is 30.5 Å². The molecule has 0 aliphatic carbocycles. The van der Waals surface area contributed by atoms with E-state index >= 15 is 0 Å². The molecule has 104 valence electrons. The third-order valence-corrected chi connectivity index (χ3v) is 3.03. The average molecular weight is 264 g/mol. The summed E-state index contributed by atoms with van der Waals surface area (Å²) in [6.07, 6.45) is 0.101. The van der Waals surface area contributed by atoms with Crippen LogP contribution in [0.25, 0.3) is 0 Å². The maximum atomic E-state index is 11.6. The van der Waals surface area contributed by atoms with Gasteiger partial charge in [0.1, 0.15) is 0 Å². The number of hydrogen-bond donors (Lipinski definition) is 2. The summed E-state index contributed by atoms with van der Waals surface area (Å²) in [7, 11) is 1.72. The highest BCUT2D eigenvalue weighted by atomic mass is 16.4. The van der Waals surface area contributed by atoms with Crippen LogP contribution in [0.4, 0.5) is 10.5 Å². The summed E-state index contributed by atoms with van der Waals surface area (Å²) in [5.74, 6) is -0.852. The van der Waals surface area contributed by atoms with Gasteiger partial charge in [-0.2, -0.15) is 0 Å². The van der Waals surface area contributed by atoms with Gasteiger partial charge >= 0.3 is 12.0 Å². The van der Waals surface area contributed by atoms with Gasteiger partial charge in [-0.1, -0.05) is 19.1 Å². The van der Waals surface area contributed by atoms with E-state index in [0.29, 0.717) is 12.2 Å². The number of urea groups is 1. The Morgan fingerprint density at radius 2 is 1.89 bits per heavy atom. The number of rotatable bonds is 5. The van der Waals surface area contributed by atoms with Crippen LogP contribution in [0.3, 0.4) is 0 Å². The molecular weight excluding hydrogens is 244 g/mol. The second-order valence-electron chi connectivity index (χ2n) is 4.57. The van der Waals surface area contributed by atoms with Crippen molar-refractivity contribution in [1.82, 2.24) is 4.90 Å². The van der Waals surface area contributed by atoms with Crippen LogP contribution in [-0.4, -0.2) is 35.6 Å². The second kappa shape index (κ2) is 6.78. The molecule has 1 aromatic carbocycles. The Hall–Kier alpha value is -2.04. The molecule has 0 radical (unpaired) electrons. The van der Waals surface area contributed by atoms with Crippen molar-refractivity contribution < 1.29 is 14.7 Å². The number of nitrogens with zero attached hydrogens (tertiary/aromatic N) is 1. The van der Waals surface area contributed by atoms with Gasteiger partial charge in [-0.25, -0.2) is 4.79 Å². The Labute approximate surface area is 113 Å². The summed E-state index contributed by atoms with van der Waals surface area (Å²) in [5.41, 5.74) is 1.65. The summed E-state index contributed by atoms with van der Waals surface area (Å²) >= 11 is 0. The van der Waals surface area contributed by atoms with Crippen LogP contribution in [0.2, 0.25) is 0 Å². The van der Waals surface area contributed by atoms with E-state index in [1.807, 2.05) is 26.0 Å². The number of hydrogen-bond acceptors (Lipinski definition) is 2. The molecule has 0 fully saturated rings. The number of amides is 2. The van der Waals surface area contributed by atoms with E-state index in [9.17, 15) is 9.59 Å². The van der Waals surface area contributed by atoms with E-state index in [1.165, 1.54) is 0 Å². The molecule has 5 nitrogen and oxygen atoms in total. The first-order valence-corrected chi connectivity index (χ1v) is 6.28. The number of aliphatic carboxylic acids is 1. The van der Waals surface area contributed by atoms with Crippen molar-refractivity contribution in [1.29, 1.82) is 0 Å². The van der Waals surface area contributed by atoms with Crippen LogP contribution in [0, 0.1) is 0 Å². The van der Waals surface area contributed by atoms with Crippen molar-refractivity contribution in [2.45, 2.75) is 26.2 Å². The molecule has 19 heavy (non-hydrogen) atoms. The van der Waals surface area contributed by atoms with Crippen LogP contribution in [0.5, 0.6) is 0 Å². The van der Waals surface area contributed by atoms with Crippen LogP contribution < -0.4 is 5.32 Å². The topological polar surface area (TPSA) is 69.6 Å². The number of carboxylic acids is 1. The molecule has 0 aromatic heterocycles. The maximum absolute atomic E-state index is 11.6. The monoisotopic (exact) mass is 264 g/mol. The second-order valence-corrected chi connectivity index (χ2v) is 4.57. The van der Waals surface area contributed by atoms with Crippen molar-refractivity contribution >= 4 is 17.7 Å². The lowest BCUT2D eigenvalue weighted by Crippen LogP contribution is -2.30. The van der Waals surface area contributed by atoms with Crippen molar-refractivity contribution in [3.05, 3.63) is 29.8 Å². The molecule has 0 aliphatic heterocycles. The molecule has 1 aromatic rings. The molecule has 5 heteroatoms. The molecule has 0 heterocycles. The van der Waals surface area contributed by atoms with Crippen LogP contribution in [-0.2, 0) is 4.79 Å². The lowest BCUT2D eigenvalue weighted by atomic mass is 9.98. The molecule has 2 amide bonds. The molecule has 1 unspecified atom stereocenters. The minimum atomic E-state index is -0.811. The number of anilines is 1. The minimum absolute atomic E-state index is 0.0411. The SMILES string of the molecule is CCN(C)C(=O)Nc1ccc(C(C)CC(=O)O)cc1. The molecule has 0 saturated carbocycles. The van der Waals surface area contributed by atoms with E-state index < -0.39 is 5.97 Å². The van der Waals surface area contributed by atoms with Gasteiger partial charge in [-0.3, -0.25) is 4.79 Å². The van der Waals surface area contributed by atoms with Crippen molar-refractivity contribution in [2.75, 3.05) is 18.9 Å². The molecule has 1 atom stereocenters. The van der Waals surface area contributed by atoms with Gasteiger partial charge < -0.3 is 15.3 Å². The zero-order valence-corrected chi connectivity index (χ0v) is 11.5. The first-order chi connectivity index (χ1) is 8.93. The Bertz CT molecular complexity index is 443. The summed E-state index contributed by atoms with van der Waals surface area (Å²) in [5, 5.41) is 11.5. The third kappa shape index (κ3) is 4.62. The average Bonchev–Trinajstić information content (AvgIpc) is 2.37. The number of carboxylic acid groups (broad SMARTS) is 1. The number of carbonyl (C=O) groups is 2. The van der Waals surface area contributed by atoms with E-state index in [-0.39, 0.29) is 18.4 Å². The highest BCUT2D eigenvalue weighted by Gasteiger charge is 2.11. The first-order valence-electron chi connectivity index (χ1n) is 6.28. The maximum Gasteiger partial charge on any atom is 0.321 e. The van der Waals surface area contributed by atoms with Gasteiger partial charge in [0, 0.05) is 19.3 Å². The molecule has 0 spiro atoms. The first kappa shape index (κ1) is 15.0. The van der Waals surface area contributed by atoms with Crippen LogP contribution in [0.1, 0.15) is 31.7 Å². The summed E-state index contributed by atoms with van der Waals surface area (Å²) < 4.78 is 0. The highest BCUT2D eigenvalue weighted by molar-refractivity contribution is 5.89. The zero-order valence-electron chi connectivity index (χ0n) is 11.5. The molecule has 0 bridgehead atoms. The molecule has 2 N–H and O–H groups in total. The predicted octanol–water partition coefficient (Wildman–Crippen LogP) is 2.75. The largest absolute Gasteiger partial charge is 0.481 e. The zero-order chi connectivity index (χ0) is 14.4. The van der Waals surface area contributed by atoms with Crippen molar-refractivity contribution in [3.8, 4) is 0 Å². The van der Waals surface area contributed by atoms with E-state index in [0.717, 1.165) is 5.56 Å². The number of carbonyl (C=O) groups excluding carboxylic acids is 1. The third-order valence-electron chi connectivity index (χ3n) is 3.03. The standard InChI is InChI=1S/C14H20N2O3/c1-4-16(3)14(19)15-12-7-5-11(6-8-12)10(2)9-13(17)18/h5-8,10H,4,9H2,1-3H3,(H,15,19)(H,17,18). The van der Waals surface area contributed by atoms with Gasteiger partial charge in [0.15, 0.2) is 0 Å². The Morgan fingerprint density at radius 3 is 2.37 bits per heavy atom. The summed E-state index contributed by atoms with van der Waals surface area (Å²) in [6.45, 7) is 4.41. The lowest BCUT2D eigenvalue weighted by Gasteiger charge is -2.16. The Morgan fingerprint density at radius 1 is 1.32 bits per heavy atom. The van der Waals surface area contributed by atoms with Crippen molar-refractivity contribution in [2.24, 2.45) is 0 Å². The van der Waals surface area contributed by atoms with Gasteiger partial charge in [0.25, 0.3) is 0 Å². The Balaban J connectivity index is 2.66.